The van der Waals surface area contributed by atoms with E-state index >= 15 is 0 Å². The van der Waals surface area contributed by atoms with Gasteiger partial charge in [-0.2, -0.15) is 0 Å². The van der Waals surface area contributed by atoms with Gasteiger partial charge in [0.15, 0.2) is 17.0 Å². The second-order valence-corrected chi connectivity index (χ2v) is 4.64. The molecule has 3 amide bonds. The number of fused-ring (bicyclic) bond motifs is 1. The standard InChI is InChI=1S/C9H13BrN4O3/c1-13-6-5(7(16)12-9(13)17)14(3-2-4-15)8(10)11-6/h5-6,15H,2-4H2,1H3,(H,12,16,17). The minimum Gasteiger partial charge on any atom is -0.396 e. The molecule has 2 heterocycles. The fourth-order valence-electron chi connectivity index (χ4n) is 1.97. The molecule has 2 unspecified atom stereocenters. The molecular weight excluding hydrogens is 292 g/mol. The SMILES string of the molecule is CN1C(=O)NC(=O)C2C1N=C(Br)N2CCCO. The predicted molar refractivity (Wildman–Crippen MR) is 63.6 cm³/mol. The molecule has 8 heteroatoms. The summed E-state index contributed by atoms with van der Waals surface area (Å²) in [6.07, 6.45) is 0.0445. The van der Waals surface area contributed by atoms with E-state index in [0.717, 1.165) is 0 Å². The third kappa shape index (κ3) is 2.02. The van der Waals surface area contributed by atoms with E-state index in [-0.39, 0.29) is 12.5 Å². The lowest BCUT2D eigenvalue weighted by Crippen LogP contribution is -2.63. The van der Waals surface area contributed by atoms with Crippen molar-refractivity contribution in [1.29, 1.82) is 0 Å². The molecule has 0 aliphatic carbocycles. The Morgan fingerprint density at radius 3 is 2.88 bits per heavy atom. The Balaban J connectivity index is 2.20. The van der Waals surface area contributed by atoms with Crippen molar-refractivity contribution >= 4 is 32.6 Å². The van der Waals surface area contributed by atoms with Gasteiger partial charge in [-0.1, -0.05) is 0 Å². The van der Waals surface area contributed by atoms with Crippen LogP contribution in [0.2, 0.25) is 0 Å². The van der Waals surface area contributed by atoms with Gasteiger partial charge in [0.2, 0.25) is 0 Å². The summed E-state index contributed by atoms with van der Waals surface area (Å²) in [5.41, 5.74) is 0. The van der Waals surface area contributed by atoms with Crippen LogP contribution in [0.15, 0.2) is 4.99 Å². The Morgan fingerprint density at radius 2 is 2.24 bits per heavy atom. The number of carbonyl (C=O) groups is 2. The maximum atomic E-state index is 11.8. The summed E-state index contributed by atoms with van der Waals surface area (Å²) in [5, 5.41) is 11.1. The van der Waals surface area contributed by atoms with E-state index in [1.807, 2.05) is 0 Å². The minimum atomic E-state index is -0.515. The maximum absolute atomic E-state index is 11.8. The summed E-state index contributed by atoms with van der Waals surface area (Å²) in [5.74, 6) is -0.353. The molecule has 17 heavy (non-hydrogen) atoms. The van der Waals surface area contributed by atoms with E-state index in [9.17, 15) is 9.59 Å². The highest BCUT2D eigenvalue weighted by molar-refractivity contribution is 9.18. The van der Waals surface area contributed by atoms with Crippen LogP contribution in [0.4, 0.5) is 4.79 Å². The van der Waals surface area contributed by atoms with Gasteiger partial charge in [0, 0.05) is 20.2 Å². The largest absolute Gasteiger partial charge is 0.396 e. The van der Waals surface area contributed by atoms with Crippen molar-refractivity contribution in [3.05, 3.63) is 0 Å². The second-order valence-electron chi connectivity index (χ2n) is 3.93. The number of hydrogen-bond donors (Lipinski definition) is 2. The van der Waals surface area contributed by atoms with E-state index in [0.29, 0.717) is 17.7 Å². The molecule has 0 radical (unpaired) electrons. The highest BCUT2D eigenvalue weighted by Gasteiger charge is 2.47. The van der Waals surface area contributed by atoms with Crippen molar-refractivity contribution in [3.63, 3.8) is 0 Å². The number of hydrogen-bond acceptors (Lipinski definition) is 5. The Morgan fingerprint density at radius 1 is 1.53 bits per heavy atom. The van der Waals surface area contributed by atoms with Crippen molar-refractivity contribution < 1.29 is 14.7 Å². The third-order valence-electron chi connectivity index (χ3n) is 2.87. The van der Waals surface area contributed by atoms with E-state index in [2.05, 4.69) is 26.2 Å². The highest BCUT2D eigenvalue weighted by Crippen LogP contribution is 2.25. The molecule has 1 saturated heterocycles. The molecule has 7 nitrogen and oxygen atoms in total. The van der Waals surface area contributed by atoms with Crippen LogP contribution in [0.3, 0.4) is 0 Å². The van der Waals surface area contributed by atoms with Crippen molar-refractivity contribution in [2.24, 2.45) is 4.99 Å². The van der Waals surface area contributed by atoms with Gasteiger partial charge in [-0.05, 0) is 22.4 Å². The average molecular weight is 305 g/mol. The van der Waals surface area contributed by atoms with Gasteiger partial charge >= 0.3 is 6.03 Å². The summed E-state index contributed by atoms with van der Waals surface area (Å²) in [7, 11) is 1.60. The Labute approximate surface area is 107 Å². The number of likely N-dealkylation sites (N-methyl/N-ethyl adjacent to an activating group) is 1. The van der Waals surface area contributed by atoms with Crippen LogP contribution in [0.1, 0.15) is 6.42 Å². The van der Waals surface area contributed by atoms with Gasteiger partial charge in [-0.3, -0.25) is 10.1 Å². The molecule has 2 atom stereocenters. The molecular formula is C9H13BrN4O3. The van der Waals surface area contributed by atoms with Crippen molar-refractivity contribution in [3.8, 4) is 0 Å². The summed E-state index contributed by atoms with van der Waals surface area (Å²) < 4.78 is 0.539. The van der Waals surface area contributed by atoms with Crippen molar-refractivity contribution in [2.75, 3.05) is 20.2 Å². The number of nitrogens with zero attached hydrogens (tertiary/aromatic N) is 3. The first-order chi connectivity index (χ1) is 8.06. The normalized spacial score (nSPS) is 28.1. The van der Waals surface area contributed by atoms with E-state index < -0.39 is 18.2 Å². The summed E-state index contributed by atoms with van der Waals surface area (Å²) in [6, 6.07) is -0.956. The Hall–Kier alpha value is -1.15. The zero-order valence-corrected chi connectivity index (χ0v) is 10.8. The third-order valence-corrected chi connectivity index (χ3v) is 3.53. The second kappa shape index (κ2) is 4.61. The predicted octanol–water partition coefficient (Wildman–Crippen LogP) is -0.688. The van der Waals surface area contributed by atoms with Crippen molar-refractivity contribution in [2.45, 2.75) is 18.6 Å². The first-order valence-corrected chi connectivity index (χ1v) is 6.04. The lowest BCUT2D eigenvalue weighted by Gasteiger charge is -2.35. The van der Waals surface area contributed by atoms with Crippen LogP contribution in [0.25, 0.3) is 0 Å². The van der Waals surface area contributed by atoms with Crippen LogP contribution in [-0.2, 0) is 4.79 Å². The molecule has 94 valence electrons. The van der Waals surface area contributed by atoms with Gasteiger partial charge in [0.05, 0.1) is 0 Å². The van der Waals surface area contributed by atoms with Crippen molar-refractivity contribution in [1.82, 2.24) is 15.1 Å². The zero-order valence-electron chi connectivity index (χ0n) is 9.26. The molecule has 2 aliphatic rings. The summed E-state index contributed by atoms with van der Waals surface area (Å²) >= 11 is 3.28. The van der Waals surface area contributed by atoms with E-state index in [1.54, 1.807) is 11.9 Å². The number of carbonyl (C=O) groups excluding carboxylic acids is 2. The average Bonchev–Trinajstić information content (AvgIpc) is 2.61. The maximum Gasteiger partial charge on any atom is 0.325 e. The molecule has 0 aromatic rings. The minimum absolute atomic E-state index is 0.0462. The van der Waals surface area contributed by atoms with Gasteiger partial charge < -0.3 is 14.9 Å². The zero-order chi connectivity index (χ0) is 12.6. The fourth-order valence-corrected chi connectivity index (χ4v) is 2.57. The van der Waals surface area contributed by atoms with E-state index in [4.69, 9.17) is 5.11 Å². The van der Waals surface area contributed by atoms with Crippen LogP contribution in [-0.4, -0.2) is 64.0 Å². The van der Waals surface area contributed by atoms with Gasteiger partial charge in [-0.15, -0.1) is 0 Å². The van der Waals surface area contributed by atoms with Crippen LogP contribution >= 0.6 is 15.9 Å². The Bertz CT molecular complexity index is 386. The van der Waals surface area contributed by atoms with E-state index in [1.165, 1.54) is 4.90 Å². The van der Waals surface area contributed by atoms with Crippen LogP contribution in [0, 0.1) is 0 Å². The molecule has 0 saturated carbocycles. The van der Waals surface area contributed by atoms with Gasteiger partial charge in [0.1, 0.15) is 0 Å². The van der Waals surface area contributed by atoms with Gasteiger partial charge in [-0.25, -0.2) is 9.79 Å². The lowest BCUT2D eigenvalue weighted by atomic mass is 10.1. The first-order valence-electron chi connectivity index (χ1n) is 5.24. The molecule has 0 spiro atoms. The number of aliphatic imine (C=N–C) groups is 1. The molecule has 2 aliphatic heterocycles. The number of rotatable bonds is 3. The lowest BCUT2D eigenvalue weighted by molar-refractivity contribution is -0.127. The number of imide groups is 1. The smallest absolute Gasteiger partial charge is 0.325 e. The molecule has 0 aromatic carbocycles. The summed E-state index contributed by atoms with van der Waals surface area (Å²) in [6.45, 7) is 0.557. The van der Waals surface area contributed by atoms with Crippen LogP contribution in [0.5, 0.6) is 0 Å². The number of halogens is 1. The number of aliphatic hydroxyl groups excluding tert-OH is 1. The Kier molecular flexibility index (Phi) is 3.34. The highest BCUT2D eigenvalue weighted by atomic mass is 79.9. The topological polar surface area (TPSA) is 85.2 Å². The molecule has 0 aromatic heterocycles. The monoisotopic (exact) mass is 304 g/mol. The quantitative estimate of drug-likeness (QED) is 0.676. The first kappa shape index (κ1) is 12.3. The fraction of sp³-hybridized carbons (Fsp3) is 0.667. The number of nitrogens with one attached hydrogen (secondary N) is 1. The number of amidine groups is 1. The summed E-state index contributed by atoms with van der Waals surface area (Å²) in [4.78, 5) is 30.6. The number of urea groups is 1. The number of amides is 3. The molecule has 0 bridgehead atoms. The molecule has 2 N–H and O–H groups in total. The van der Waals surface area contributed by atoms with Crippen LogP contribution < -0.4 is 5.32 Å². The molecule has 1 fully saturated rings. The molecule has 2 rings (SSSR count). The number of aliphatic hydroxyl groups is 1. The van der Waals surface area contributed by atoms with Gasteiger partial charge in [0.25, 0.3) is 5.91 Å².